The van der Waals surface area contributed by atoms with Gasteiger partial charge in [0.1, 0.15) is 11.6 Å². The van der Waals surface area contributed by atoms with Crippen molar-refractivity contribution in [3.8, 4) is 0 Å². The van der Waals surface area contributed by atoms with Crippen LogP contribution in [0.5, 0.6) is 0 Å². The molecule has 8 heteroatoms. The van der Waals surface area contributed by atoms with E-state index in [0.717, 1.165) is 24.8 Å². The van der Waals surface area contributed by atoms with E-state index in [4.69, 9.17) is 4.42 Å². The molecule has 0 amide bonds. The van der Waals surface area contributed by atoms with Crippen molar-refractivity contribution in [3.63, 3.8) is 0 Å². The van der Waals surface area contributed by atoms with E-state index in [0.29, 0.717) is 29.1 Å². The van der Waals surface area contributed by atoms with Gasteiger partial charge in [-0.1, -0.05) is 25.6 Å². The summed E-state index contributed by atoms with van der Waals surface area (Å²) in [6.07, 6.45) is 2.85. The number of carbonyl (C=O) groups is 1. The van der Waals surface area contributed by atoms with Crippen molar-refractivity contribution in [3.05, 3.63) is 59.8 Å². The van der Waals surface area contributed by atoms with Crippen LogP contribution in [0, 0.1) is 17.7 Å². The first kappa shape index (κ1) is 20.7. The maximum absolute atomic E-state index is 13.1. The lowest BCUT2D eigenvalue weighted by molar-refractivity contribution is 0.102. The van der Waals surface area contributed by atoms with Gasteiger partial charge in [0.25, 0.3) is 0 Å². The van der Waals surface area contributed by atoms with Gasteiger partial charge >= 0.3 is 0 Å². The Morgan fingerprint density at radius 2 is 1.90 bits per heavy atom. The summed E-state index contributed by atoms with van der Waals surface area (Å²) in [7, 11) is 0. The second kappa shape index (κ2) is 9.04. The van der Waals surface area contributed by atoms with Crippen LogP contribution in [0.1, 0.15) is 36.4 Å². The van der Waals surface area contributed by atoms with Gasteiger partial charge in [0.15, 0.2) is 10.9 Å². The van der Waals surface area contributed by atoms with Crippen LogP contribution in [-0.4, -0.2) is 39.4 Å². The fourth-order valence-corrected chi connectivity index (χ4v) is 4.82. The molecule has 6 nitrogen and oxygen atoms in total. The van der Waals surface area contributed by atoms with E-state index >= 15 is 0 Å². The number of rotatable bonds is 7. The van der Waals surface area contributed by atoms with Crippen LogP contribution < -0.4 is 4.90 Å². The quantitative estimate of drug-likeness (QED) is 0.407. The normalized spacial score (nSPS) is 19.2. The number of benzene rings is 1. The number of furan rings is 1. The molecule has 3 aromatic rings. The molecule has 0 radical (unpaired) electrons. The Balaban J connectivity index is 1.55. The Hall–Kier alpha value is -2.61. The molecule has 0 N–H and O–H groups in total. The monoisotopic (exact) mass is 428 g/mol. The Kier molecular flexibility index (Phi) is 6.22. The molecule has 1 fully saturated rings. The second-order valence-corrected chi connectivity index (χ2v) is 8.96. The highest BCUT2D eigenvalue weighted by Gasteiger charge is 2.27. The van der Waals surface area contributed by atoms with Crippen molar-refractivity contribution in [2.75, 3.05) is 23.7 Å². The topological polar surface area (TPSA) is 64.2 Å². The summed E-state index contributed by atoms with van der Waals surface area (Å²) in [6, 6.07) is 9.39. The molecule has 4 rings (SSSR count). The Labute approximate surface area is 179 Å². The minimum absolute atomic E-state index is 0.0747. The standard InChI is InChI=1S/C22H25FN4O2S/c1-15-10-16(2)12-26(11-15)21-24-25-22(27(21)13-19-4-3-9-29-19)30-14-20(28)17-5-7-18(23)8-6-17/h3-9,15-16H,10-14H2,1-2H3. The van der Waals surface area contributed by atoms with E-state index in [1.54, 1.807) is 6.26 Å². The van der Waals surface area contributed by atoms with Gasteiger partial charge in [-0.2, -0.15) is 0 Å². The van der Waals surface area contributed by atoms with E-state index in [1.807, 2.05) is 16.7 Å². The molecule has 2 aromatic heterocycles. The zero-order chi connectivity index (χ0) is 21.1. The summed E-state index contributed by atoms with van der Waals surface area (Å²) in [6.45, 7) is 6.88. The first-order valence-corrected chi connectivity index (χ1v) is 11.1. The van der Waals surface area contributed by atoms with E-state index in [-0.39, 0.29) is 17.4 Å². The average Bonchev–Trinajstić information content (AvgIpc) is 3.36. The summed E-state index contributed by atoms with van der Waals surface area (Å²) >= 11 is 1.34. The minimum atomic E-state index is -0.355. The fourth-order valence-electron chi connectivity index (χ4n) is 3.99. The maximum atomic E-state index is 13.1. The van der Waals surface area contributed by atoms with Gasteiger partial charge in [-0.3, -0.25) is 9.36 Å². The first-order chi connectivity index (χ1) is 14.5. The summed E-state index contributed by atoms with van der Waals surface area (Å²) in [5, 5.41) is 9.52. The molecule has 30 heavy (non-hydrogen) atoms. The van der Waals surface area contributed by atoms with Crippen molar-refractivity contribution >= 4 is 23.5 Å². The predicted molar refractivity (Wildman–Crippen MR) is 114 cm³/mol. The zero-order valence-electron chi connectivity index (χ0n) is 17.1. The van der Waals surface area contributed by atoms with E-state index < -0.39 is 0 Å². The molecular weight excluding hydrogens is 403 g/mol. The molecule has 1 aliphatic heterocycles. The van der Waals surface area contributed by atoms with Crippen molar-refractivity contribution in [1.82, 2.24) is 14.8 Å². The number of nitrogens with zero attached hydrogens (tertiary/aromatic N) is 4. The first-order valence-electron chi connectivity index (χ1n) is 10.1. The molecule has 1 aliphatic rings. The third kappa shape index (κ3) is 4.75. The molecule has 158 valence electrons. The summed E-state index contributed by atoms with van der Waals surface area (Å²) in [4.78, 5) is 14.8. The second-order valence-electron chi connectivity index (χ2n) is 8.02. The van der Waals surface area contributed by atoms with Gasteiger partial charge in [-0.25, -0.2) is 4.39 Å². The molecule has 3 heterocycles. The lowest BCUT2D eigenvalue weighted by atomic mass is 9.92. The van der Waals surface area contributed by atoms with Crippen molar-refractivity contribution in [2.45, 2.75) is 32.0 Å². The Morgan fingerprint density at radius 1 is 1.17 bits per heavy atom. The summed E-state index contributed by atoms with van der Waals surface area (Å²) < 4.78 is 20.7. The van der Waals surface area contributed by atoms with Crippen molar-refractivity contribution < 1.29 is 13.6 Å². The predicted octanol–water partition coefficient (Wildman–Crippen LogP) is 4.52. The zero-order valence-corrected chi connectivity index (χ0v) is 17.9. The van der Waals surface area contributed by atoms with E-state index in [9.17, 15) is 9.18 Å². The number of hydrogen-bond donors (Lipinski definition) is 0. The van der Waals surface area contributed by atoms with Crippen LogP contribution in [0.3, 0.4) is 0 Å². The van der Waals surface area contributed by atoms with Crippen molar-refractivity contribution in [1.29, 1.82) is 0 Å². The molecule has 2 atom stereocenters. The lowest BCUT2D eigenvalue weighted by Gasteiger charge is -2.35. The highest BCUT2D eigenvalue weighted by molar-refractivity contribution is 7.99. The average molecular weight is 429 g/mol. The third-order valence-corrected chi connectivity index (χ3v) is 6.21. The molecular formula is C22H25FN4O2S. The van der Waals surface area contributed by atoms with Crippen LogP contribution in [0.25, 0.3) is 0 Å². The highest BCUT2D eigenvalue weighted by atomic mass is 32.2. The van der Waals surface area contributed by atoms with Crippen LogP contribution >= 0.6 is 11.8 Å². The summed E-state index contributed by atoms with van der Waals surface area (Å²) in [5.74, 6) is 2.55. The number of halogens is 1. The maximum Gasteiger partial charge on any atom is 0.228 e. The third-order valence-electron chi connectivity index (χ3n) is 5.24. The fraction of sp³-hybridized carbons (Fsp3) is 0.409. The molecule has 2 unspecified atom stereocenters. The Bertz CT molecular complexity index is 977. The number of Topliss-reactive ketones (excluding diaryl/α,β-unsaturated/α-hetero) is 1. The number of piperidine rings is 1. The van der Waals surface area contributed by atoms with Crippen LogP contribution in [0.2, 0.25) is 0 Å². The van der Waals surface area contributed by atoms with Gasteiger partial charge < -0.3 is 9.32 Å². The largest absolute Gasteiger partial charge is 0.467 e. The molecule has 0 saturated carbocycles. The number of aromatic nitrogens is 3. The van der Waals surface area contributed by atoms with Gasteiger partial charge in [0.2, 0.25) is 5.95 Å². The summed E-state index contributed by atoms with van der Waals surface area (Å²) in [5.41, 5.74) is 0.486. The highest BCUT2D eigenvalue weighted by Crippen LogP contribution is 2.29. The van der Waals surface area contributed by atoms with Gasteiger partial charge in [0, 0.05) is 18.7 Å². The smallest absolute Gasteiger partial charge is 0.228 e. The number of hydrogen-bond acceptors (Lipinski definition) is 6. The number of ketones is 1. The van der Waals surface area contributed by atoms with Crippen LogP contribution in [-0.2, 0) is 6.54 Å². The van der Waals surface area contributed by atoms with Gasteiger partial charge in [-0.15, -0.1) is 10.2 Å². The molecule has 0 bridgehead atoms. The van der Waals surface area contributed by atoms with Crippen LogP contribution in [0.15, 0.2) is 52.2 Å². The number of anilines is 1. The van der Waals surface area contributed by atoms with Gasteiger partial charge in [0.05, 0.1) is 18.6 Å². The molecule has 1 aromatic carbocycles. The Morgan fingerprint density at radius 3 is 2.57 bits per heavy atom. The van der Waals surface area contributed by atoms with E-state index in [1.165, 1.54) is 42.4 Å². The van der Waals surface area contributed by atoms with Crippen LogP contribution in [0.4, 0.5) is 10.3 Å². The lowest BCUT2D eigenvalue weighted by Crippen LogP contribution is -2.40. The molecule has 0 aliphatic carbocycles. The minimum Gasteiger partial charge on any atom is -0.467 e. The SMILES string of the molecule is CC1CC(C)CN(c2nnc(SCC(=O)c3ccc(F)cc3)n2Cc2ccco2)C1. The van der Waals surface area contributed by atoms with Crippen molar-refractivity contribution in [2.24, 2.45) is 11.8 Å². The van der Waals surface area contributed by atoms with Gasteiger partial charge in [-0.05, 0) is 54.7 Å². The molecule has 1 saturated heterocycles. The number of carbonyl (C=O) groups excluding carboxylic acids is 1. The number of thioether (sulfide) groups is 1. The molecule has 0 spiro atoms. The van der Waals surface area contributed by atoms with E-state index in [2.05, 4.69) is 28.9 Å².